The minimum atomic E-state index is -0.124. The van der Waals surface area contributed by atoms with Crippen LogP contribution in [0.2, 0.25) is 0 Å². The SMILES string of the molecule is CC.Cc1ccc(CNC(=O)CN)cc1. The highest BCUT2D eigenvalue weighted by Gasteiger charge is 1.96. The Bertz CT molecular complexity index is 280. The molecule has 0 heterocycles. The predicted molar refractivity (Wildman–Crippen MR) is 63.4 cm³/mol. The highest BCUT2D eigenvalue weighted by Crippen LogP contribution is 2.01. The molecule has 0 radical (unpaired) electrons. The van der Waals surface area contributed by atoms with Crippen molar-refractivity contribution in [3.63, 3.8) is 0 Å². The van der Waals surface area contributed by atoms with Gasteiger partial charge >= 0.3 is 0 Å². The summed E-state index contributed by atoms with van der Waals surface area (Å²) in [6.07, 6.45) is 0. The van der Waals surface area contributed by atoms with Gasteiger partial charge in [-0.25, -0.2) is 0 Å². The monoisotopic (exact) mass is 208 g/mol. The fraction of sp³-hybridized carbons (Fsp3) is 0.417. The predicted octanol–water partition coefficient (Wildman–Crippen LogP) is 1.60. The summed E-state index contributed by atoms with van der Waals surface area (Å²) in [5.74, 6) is -0.124. The smallest absolute Gasteiger partial charge is 0.234 e. The van der Waals surface area contributed by atoms with Crippen LogP contribution in [0.15, 0.2) is 24.3 Å². The van der Waals surface area contributed by atoms with Gasteiger partial charge < -0.3 is 11.1 Å². The van der Waals surface area contributed by atoms with E-state index < -0.39 is 0 Å². The summed E-state index contributed by atoms with van der Waals surface area (Å²) in [6.45, 7) is 6.63. The zero-order chi connectivity index (χ0) is 11.7. The maximum atomic E-state index is 10.8. The Labute approximate surface area is 91.7 Å². The average Bonchev–Trinajstić information content (AvgIpc) is 2.30. The van der Waals surface area contributed by atoms with E-state index in [2.05, 4.69) is 5.32 Å². The van der Waals surface area contributed by atoms with E-state index in [1.54, 1.807) is 0 Å². The van der Waals surface area contributed by atoms with Gasteiger partial charge in [-0.05, 0) is 12.5 Å². The van der Waals surface area contributed by atoms with Crippen LogP contribution >= 0.6 is 0 Å². The maximum Gasteiger partial charge on any atom is 0.234 e. The summed E-state index contributed by atoms with van der Waals surface area (Å²) in [4.78, 5) is 10.8. The summed E-state index contributed by atoms with van der Waals surface area (Å²) >= 11 is 0. The van der Waals surface area contributed by atoms with Crippen molar-refractivity contribution in [2.45, 2.75) is 27.3 Å². The van der Waals surface area contributed by atoms with Crippen molar-refractivity contribution >= 4 is 5.91 Å². The zero-order valence-electron chi connectivity index (χ0n) is 9.71. The molecule has 1 amide bonds. The van der Waals surface area contributed by atoms with Gasteiger partial charge in [0.1, 0.15) is 0 Å². The topological polar surface area (TPSA) is 55.1 Å². The molecule has 3 heteroatoms. The second-order valence-corrected chi connectivity index (χ2v) is 2.97. The summed E-state index contributed by atoms with van der Waals surface area (Å²) in [5.41, 5.74) is 7.46. The van der Waals surface area contributed by atoms with Crippen LogP contribution in [0.5, 0.6) is 0 Å². The van der Waals surface area contributed by atoms with E-state index >= 15 is 0 Å². The Kier molecular flexibility index (Phi) is 7.28. The molecule has 0 fully saturated rings. The third-order valence-electron chi connectivity index (χ3n) is 1.80. The van der Waals surface area contributed by atoms with Crippen LogP contribution in [-0.2, 0) is 11.3 Å². The fourth-order valence-corrected chi connectivity index (χ4v) is 0.979. The highest BCUT2D eigenvalue weighted by molar-refractivity contribution is 5.77. The number of nitrogens with one attached hydrogen (secondary N) is 1. The van der Waals surface area contributed by atoms with Crippen LogP contribution in [0.4, 0.5) is 0 Å². The van der Waals surface area contributed by atoms with Gasteiger partial charge in [-0.2, -0.15) is 0 Å². The molecule has 0 saturated carbocycles. The quantitative estimate of drug-likeness (QED) is 0.792. The minimum Gasteiger partial charge on any atom is -0.351 e. The van der Waals surface area contributed by atoms with Crippen LogP contribution in [0.3, 0.4) is 0 Å². The number of hydrogen-bond acceptors (Lipinski definition) is 2. The van der Waals surface area contributed by atoms with E-state index in [9.17, 15) is 4.79 Å². The number of nitrogens with two attached hydrogens (primary N) is 1. The Balaban J connectivity index is 0.000000921. The van der Waals surface area contributed by atoms with Crippen LogP contribution in [0, 0.1) is 6.92 Å². The van der Waals surface area contributed by atoms with Crippen LogP contribution < -0.4 is 11.1 Å². The third-order valence-corrected chi connectivity index (χ3v) is 1.80. The third kappa shape index (κ3) is 5.86. The van der Waals surface area contributed by atoms with Gasteiger partial charge in [0, 0.05) is 6.54 Å². The van der Waals surface area contributed by atoms with Gasteiger partial charge in [0.2, 0.25) is 5.91 Å². The van der Waals surface area contributed by atoms with Gasteiger partial charge in [-0.1, -0.05) is 43.7 Å². The van der Waals surface area contributed by atoms with Crippen molar-refractivity contribution in [2.75, 3.05) is 6.54 Å². The molecule has 3 N–H and O–H groups in total. The van der Waals surface area contributed by atoms with Crippen molar-refractivity contribution in [1.82, 2.24) is 5.32 Å². The lowest BCUT2D eigenvalue weighted by molar-refractivity contribution is -0.119. The lowest BCUT2D eigenvalue weighted by Gasteiger charge is -2.03. The molecule has 0 saturated heterocycles. The molecule has 0 aromatic heterocycles. The molecule has 0 aliphatic carbocycles. The summed E-state index contributed by atoms with van der Waals surface area (Å²) < 4.78 is 0. The second-order valence-electron chi connectivity index (χ2n) is 2.97. The lowest BCUT2D eigenvalue weighted by Crippen LogP contribution is -2.29. The normalized spacial score (nSPS) is 8.80. The molecule has 15 heavy (non-hydrogen) atoms. The summed E-state index contributed by atoms with van der Waals surface area (Å²) in [5, 5.41) is 2.70. The molecule has 0 bridgehead atoms. The largest absolute Gasteiger partial charge is 0.351 e. The molecule has 1 rings (SSSR count). The molecule has 3 nitrogen and oxygen atoms in total. The van der Waals surface area contributed by atoms with Crippen LogP contribution in [0.1, 0.15) is 25.0 Å². The van der Waals surface area contributed by atoms with Crippen LogP contribution in [-0.4, -0.2) is 12.5 Å². The molecule has 1 aromatic carbocycles. The molecule has 1 aromatic rings. The fourth-order valence-electron chi connectivity index (χ4n) is 0.979. The number of amides is 1. The van der Waals surface area contributed by atoms with Crippen molar-refractivity contribution in [2.24, 2.45) is 5.73 Å². The second kappa shape index (κ2) is 8.00. The lowest BCUT2D eigenvalue weighted by atomic mass is 10.1. The first-order valence-corrected chi connectivity index (χ1v) is 5.24. The summed E-state index contributed by atoms with van der Waals surface area (Å²) in [7, 11) is 0. The first-order valence-electron chi connectivity index (χ1n) is 5.24. The van der Waals surface area contributed by atoms with Crippen molar-refractivity contribution in [3.05, 3.63) is 35.4 Å². The molecule has 0 atom stereocenters. The molecular weight excluding hydrogens is 188 g/mol. The van der Waals surface area contributed by atoms with E-state index in [1.165, 1.54) is 5.56 Å². The number of benzene rings is 1. The molecular formula is C12H20N2O. The Morgan fingerprint density at radius 3 is 2.27 bits per heavy atom. The molecule has 0 aliphatic rings. The zero-order valence-corrected chi connectivity index (χ0v) is 9.71. The Hall–Kier alpha value is -1.35. The van der Waals surface area contributed by atoms with E-state index in [1.807, 2.05) is 45.0 Å². The number of carbonyl (C=O) groups excluding carboxylic acids is 1. The van der Waals surface area contributed by atoms with Crippen LogP contribution in [0.25, 0.3) is 0 Å². The number of carbonyl (C=O) groups is 1. The van der Waals surface area contributed by atoms with E-state index in [0.29, 0.717) is 6.54 Å². The summed E-state index contributed by atoms with van der Waals surface area (Å²) in [6, 6.07) is 8.02. The first-order chi connectivity index (χ1) is 7.22. The van der Waals surface area contributed by atoms with Crippen molar-refractivity contribution in [1.29, 1.82) is 0 Å². The number of rotatable bonds is 3. The van der Waals surface area contributed by atoms with Gasteiger partial charge in [-0.3, -0.25) is 4.79 Å². The standard InChI is InChI=1S/C10H14N2O.C2H6/c1-8-2-4-9(5-3-8)7-12-10(13)6-11;1-2/h2-5H,6-7,11H2,1H3,(H,12,13);1-2H3. The first kappa shape index (κ1) is 13.7. The minimum absolute atomic E-state index is 0.0475. The maximum absolute atomic E-state index is 10.8. The van der Waals surface area contributed by atoms with Crippen molar-refractivity contribution in [3.8, 4) is 0 Å². The van der Waals surface area contributed by atoms with Gasteiger partial charge in [-0.15, -0.1) is 0 Å². The van der Waals surface area contributed by atoms with E-state index in [4.69, 9.17) is 5.73 Å². The molecule has 0 spiro atoms. The Morgan fingerprint density at radius 1 is 1.27 bits per heavy atom. The van der Waals surface area contributed by atoms with Gasteiger partial charge in [0.05, 0.1) is 6.54 Å². The number of hydrogen-bond donors (Lipinski definition) is 2. The Morgan fingerprint density at radius 2 is 1.80 bits per heavy atom. The van der Waals surface area contributed by atoms with Crippen molar-refractivity contribution < 1.29 is 4.79 Å². The van der Waals surface area contributed by atoms with Gasteiger partial charge in [0.25, 0.3) is 0 Å². The average molecular weight is 208 g/mol. The van der Waals surface area contributed by atoms with E-state index in [0.717, 1.165) is 5.56 Å². The molecule has 84 valence electrons. The highest BCUT2D eigenvalue weighted by atomic mass is 16.1. The molecule has 0 unspecified atom stereocenters. The molecule has 0 aliphatic heterocycles. The van der Waals surface area contributed by atoms with E-state index in [-0.39, 0.29) is 12.5 Å². The van der Waals surface area contributed by atoms with Gasteiger partial charge in [0.15, 0.2) is 0 Å². The number of aryl methyl sites for hydroxylation is 1.